The molecule has 1 atom stereocenters. The third-order valence-electron chi connectivity index (χ3n) is 6.27. The van der Waals surface area contributed by atoms with E-state index in [4.69, 9.17) is 4.74 Å². The molecule has 0 aliphatic carbocycles. The van der Waals surface area contributed by atoms with Gasteiger partial charge in [-0.2, -0.15) is 5.10 Å². The Hall–Kier alpha value is -1.92. The molecule has 6 heteroatoms. The second-order valence-corrected chi connectivity index (χ2v) is 8.40. The Morgan fingerprint density at radius 3 is 2.97 bits per heavy atom. The SMILES string of the molecule is CCc1n[nH]c(CN2CCCOc3cccc(c3)CCC3CCCCN3CC2)n1. The number of piperidine rings is 1. The molecule has 1 saturated heterocycles. The van der Waals surface area contributed by atoms with Crippen LogP contribution in [-0.4, -0.2) is 63.8 Å². The normalized spacial score (nSPS) is 22.4. The largest absolute Gasteiger partial charge is 0.494 e. The van der Waals surface area contributed by atoms with Crippen molar-refractivity contribution in [3.8, 4) is 5.75 Å². The number of aryl methyl sites for hydroxylation is 2. The molecular formula is C23H35N5O. The summed E-state index contributed by atoms with van der Waals surface area (Å²) in [5.41, 5.74) is 1.41. The van der Waals surface area contributed by atoms with Crippen LogP contribution in [-0.2, 0) is 19.4 Å². The average molecular weight is 398 g/mol. The minimum atomic E-state index is 0.704. The van der Waals surface area contributed by atoms with Gasteiger partial charge in [-0.15, -0.1) is 0 Å². The fraction of sp³-hybridized carbons (Fsp3) is 0.652. The summed E-state index contributed by atoms with van der Waals surface area (Å²) in [5, 5.41) is 7.43. The average Bonchev–Trinajstić information content (AvgIpc) is 3.21. The van der Waals surface area contributed by atoms with Crippen molar-refractivity contribution >= 4 is 0 Å². The van der Waals surface area contributed by atoms with Gasteiger partial charge in [0, 0.05) is 32.1 Å². The summed E-state index contributed by atoms with van der Waals surface area (Å²) in [6.07, 6.45) is 8.30. The lowest BCUT2D eigenvalue weighted by Gasteiger charge is -2.37. The summed E-state index contributed by atoms with van der Waals surface area (Å²) in [6, 6.07) is 9.40. The number of benzene rings is 1. The van der Waals surface area contributed by atoms with E-state index in [1.165, 1.54) is 37.8 Å². The van der Waals surface area contributed by atoms with E-state index in [0.717, 1.165) is 69.4 Å². The highest BCUT2D eigenvalue weighted by molar-refractivity contribution is 5.28. The number of hydrogen-bond acceptors (Lipinski definition) is 5. The molecule has 0 radical (unpaired) electrons. The number of ether oxygens (including phenoxy) is 1. The molecule has 3 heterocycles. The van der Waals surface area contributed by atoms with Crippen LogP contribution >= 0.6 is 0 Å². The molecule has 29 heavy (non-hydrogen) atoms. The maximum absolute atomic E-state index is 6.05. The minimum Gasteiger partial charge on any atom is -0.494 e. The van der Waals surface area contributed by atoms with Gasteiger partial charge in [-0.1, -0.05) is 25.5 Å². The van der Waals surface area contributed by atoms with Crippen LogP contribution in [0.3, 0.4) is 0 Å². The van der Waals surface area contributed by atoms with E-state index < -0.39 is 0 Å². The summed E-state index contributed by atoms with van der Waals surface area (Å²) in [7, 11) is 0. The number of H-pyrrole nitrogens is 1. The lowest BCUT2D eigenvalue weighted by atomic mass is 9.95. The van der Waals surface area contributed by atoms with Crippen molar-refractivity contribution in [3.05, 3.63) is 41.5 Å². The third kappa shape index (κ3) is 5.80. The highest BCUT2D eigenvalue weighted by atomic mass is 16.5. The van der Waals surface area contributed by atoms with Crippen LogP contribution in [0.1, 0.15) is 56.2 Å². The second kappa shape index (κ2) is 10.2. The van der Waals surface area contributed by atoms with Crippen LogP contribution in [0.4, 0.5) is 0 Å². The number of rotatable bonds is 3. The molecule has 1 aromatic carbocycles. The molecule has 6 nitrogen and oxygen atoms in total. The van der Waals surface area contributed by atoms with Gasteiger partial charge in [-0.3, -0.25) is 14.9 Å². The topological polar surface area (TPSA) is 57.3 Å². The zero-order valence-corrected chi connectivity index (χ0v) is 17.8. The number of aromatic nitrogens is 3. The Bertz CT molecular complexity index is 761. The Morgan fingerprint density at radius 2 is 2.07 bits per heavy atom. The molecular weight excluding hydrogens is 362 g/mol. The van der Waals surface area contributed by atoms with Gasteiger partial charge >= 0.3 is 0 Å². The van der Waals surface area contributed by atoms with Gasteiger partial charge in [0.2, 0.25) is 0 Å². The molecule has 1 N–H and O–H groups in total. The van der Waals surface area contributed by atoms with Crippen molar-refractivity contribution in [3.63, 3.8) is 0 Å². The molecule has 2 aliphatic heterocycles. The molecule has 1 aromatic heterocycles. The van der Waals surface area contributed by atoms with Gasteiger partial charge in [0.1, 0.15) is 17.4 Å². The highest BCUT2D eigenvalue weighted by Gasteiger charge is 2.23. The molecule has 2 aliphatic rings. The Balaban J connectivity index is 1.45. The number of nitrogens with zero attached hydrogens (tertiary/aromatic N) is 4. The van der Waals surface area contributed by atoms with Crippen LogP contribution in [0.5, 0.6) is 5.75 Å². The zero-order valence-electron chi connectivity index (χ0n) is 17.8. The molecule has 1 fully saturated rings. The van der Waals surface area contributed by atoms with E-state index in [2.05, 4.69) is 56.2 Å². The third-order valence-corrected chi connectivity index (χ3v) is 6.27. The van der Waals surface area contributed by atoms with Crippen molar-refractivity contribution in [2.75, 3.05) is 32.8 Å². The zero-order chi connectivity index (χ0) is 19.9. The monoisotopic (exact) mass is 397 g/mol. The molecule has 4 rings (SSSR count). The molecule has 158 valence electrons. The molecule has 0 spiro atoms. The molecule has 0 saturated carbocycles. The van der Waals surface area contributed by atoms with Gasteiger partial charge in [0.05, 0.1) is 13.2 Å². The summed E-state index contributed by atoms with van der Waals surface area (Å²) in [6.45, 7) is 8.15. The first-order valence-electron chi connectivity index (χ1n) is 11.4. The van der Waals surface area contributed by atoms with Crippen LogP contribution in [0.25, 0.3) is 0 Å². The van der Waals surface area contributed by atoms with Gasteiger partial charge in [-0.25, -0.2) is 4.98 Å². The highest BCUT2D eigenvalue weighted by Crippen LogP contribution is 2.23. The predicted octanol–water partition coefficient (Wildman–Crippen LogP) is 3.44. The van der Waals surface area contributed by atoms with Crippen LogP contribution < -0.4 is 4.74 Å². The first-order valence-corrected chi connectivity index (χ1v) is 11.4. The molecule has 2 bridgehead atoms. The first-order chi connectivity index (χ1) is 14.3. The van der Waals surface area contributed by atoms with Crippen molar-refractivity contribution in [1.82, 2.24) is 25.0 Å². The van der Waals surface area contributed by atoms with Crippen molar-refractivity contribution < 1.29 is 4.74 Å². The van der Waals surface area contributed by atoms with E-state index in [1.807, 2.05) is 0 Å². The van der Waals surface area contributed by atoms with Crippen molar-refractivity contribution in [2.45, 2.75) is 64.5 Å². The van der Waals surface area contributed by atoms with Gasteiger partial charge in [0.25, 0.3) is 0 Å². The van der Waals surface area contributed by atoms with Gasteiger partial charge in [0.15, 0.2) is 0 Å². The standard InChI is InChI=1S/C23H35N5O/c1-2-22-24-23(26-25-22)18-27-12-6-16-29-21-9-5-7-19(17-21)10-11-20-8-3-4-13-28(20)15-14-27/h5,7,9,17,20H,2-4,6,8,10-16,18H2,1H3,(H,24,25,26). The Morgan fingerprint density at radius 1 is 1.10 bits per heavy atom. The van der Waals surface area contributed by atoms with E-state index in [0.29, 0.717) is 6.04 Å². The minimum absolute atomic E-state index is 0.704. The first kappa shape index (κ1) is 20.4. The summed E-state index contributed by atoms with van der Waals surface area (Å²) >= 11 is 0. The van der Waals surface area contributed by atoms with E-state index in [9.17, 15) is 0 Å². The van der Waals surface area contributed by atoms with Crippen LogP contribution in [0.15, 0.2) is 24.3 Å². The van der Waals surface area contributed by atoms with Gasteiger partial charge in [-0.05, 0) is 56.3 Å². The maximum atomic E-state index is 6.05. The van der Waals surface area contributed by atoms with Crippen LogP contribution in [0, 0.1) is 0 Å². The Labute approximate surface area is 174 Å². The summed E-state index contributed by atoms with van der Waals surface area (Å²) in [5.74, 6) is 2.89. The van der Waals surface area contributed by atoms with Crippen molar-refractivity contribution in [2.24, 2.45) is 0 Å². The second-order valence-electron chi connectivity index (χ2n) is 8.40. The maximum Gasteiger partial charge on any atom is 0.150 e. The summed E-state index contributed by atoms with van der Waals surface area (Å²) < 4.78 is 6.05. The lowest BCUT2D eigenvalue weighted by molar-refractivity contribution is 0.114. The number of aromatic amines is 1. The quantitative estimate of drug-likeness (QED) is 0.860. The van der Waals surface area contributed by atoms with E-state index in [1.54, 1.807) is 0 Å². The number of fused-ring (bicyclic) bond motifs is 3. The van der Waals surface area contributed by atoms with E-state index >= 15 is 0 Å². The molecule has 2 aromatic rings. The molecule has 1 unspecified atom stereocenters. The predicted molar refractivity (Wildman–Crippen MR) is 115 cm³/mol. The molecule has 0 amide bonds. The van der Waals surface area contributed by atoms with Gasteiger partial charge < -0.3 is 4.74 Å². The fourth-order valence-electron chi connectivity index (χ4n) is 4.60. The lowest BCUT2D eigenvalue weighted by Crippen LogP contribution is -2.44. The number of nitrogens with one attached hydrogen (secondary N) is 1. The fourth-order valence-corrected chi connectivity index (χ4v) is 4.60. The summed E-state index contributed by atoms with van der Waals surface area (Å²) in [4.78, 5) is 9.87. The van der Waals surface area contributed by atoms with Crippen molar-refractivity contribution in [1.29, 1.82) is 0 Å². The Kier molecular flexibility index (Phi) is 7.17. The number of hydrogen-bond donors (Lipinski definition) is 1. The smallest absolute Gasteiger partial charge is 0.150 e. The van der Waals surface area contributed by atoms with E-state index in [-0.39, 0.29) is 0 Å². The van der Waals surface area contributed by atoms with Crippen LogP contribution in [0.2, 0.25) is 0 Å².